The summed E-state index contributed by atoms with van der Waals surface area (Å²) in [6.07, 6.45) is 0.333. The van der Waals surface area contributed by atoms with Gasteiger partial charge in [0.25, 0.3) is 6.43 Å². The third-order valence-corrected chi connectivity index (χ3v) is 9.26. The molecule has 2 aromatic heterocycles. The lowest BCUT2D eigenvalue weighted by molar-refractivity contribution is -0.0592. The number of alkyl halides is 2. The molecule has 11 heteroatoms. The van der Waals surface area contributed by atoms with Crippen molar-refractivity contribution in [2.45, 2.75) is 63.3 Å². The van der Waals surface area contributed by atoms with E-state index in [0.717, 1.165) is 67.1 Å². The molecule has 0 amide bonds. The van der Waals surface area contributed by atoms with Crippen LogP contribution >= 0.6 is 0 Å². The number of nitrogens with zero attached hydrogens (tertiary/aromatic N) is 4. The van der Waals surface area contributed by atoms with E-state index < -0.39 is 12.4 Å². The second kappa shape index (κ2) is 12.8. The topological polar surface area (TPSA) is 98.9 Å². The van der Waals surface area contributed by atoms with Crippen LogP contribution in [0.5, 0.6) is 5.88 Å². The van der Waals surface area contributed by atoms with Crippen LogP contribution in [-0.2, 0) is 29.2 Å². The Morgan fingerprint density at radius 3 is 2.53 bits per heavy atom. The van der Waals surface area contributed by atoms with Crippen LogP contribution in [0.2, 0.25) is 0 Å². The number of carboxylic acids is 1. The molecule has 0 saturated carbocycles. The first-order valence-corrected chi connectivity index (χ1v) is 15.6. The molecule has 4 aromatic rings. The van der Waals surface area contributed by atoms with Crippen molar-refractivity contribution >= 4 is 17.0 Å². The summed E-state index contributed by atoms with van der Waals surface area (Å²) in [4.78, 5) is 23.6. The highest BCUT2D eigenvalue weighted by Crippen LogP contribution is 2.32. The number of halogens is 2. The van der Waals surface area contributed by atoms with Gasteiger partial charge in [-0.05, 0) is 73.8 Å². The zero-order valence-electron chi connectivity index (χ0n) is 24.9. The standard InChI is InChI=1S/C34H36F2N4O5/c35-33(36)27-14-22(25-18-43-19-25)4-5-24(27)20-45-32-3-1-2-28(38-32)21-8-11-39(12-9-21)17-31-37-29-7-6-23(34(41)42)15-30(29)40(31)16-26-10-13-44-26/h1-7,14-15,21,25-26,33H,8-13,16-20H2,(H,41,42). The number of fused-ring (bicyclic) bond motifs is 1. The number of aromatic carboxylic acids is 1. The quantitative estimate of drug-likeness (QED) is 0.221. The maximum atomic E-state index is 13.9. The molecule has 5 heterocycles. The number of piperidine rings is 1. The van der Waals surface area contributed by atoms with Crippen molar-refractivity contribution in [2.24, 2.45) is 0 Å². The van der Waals surface area contributed by atoms with Gasteiger partial charge in [-0.25, -0.2) is 23.5 Å². The molecule has 3 aliphatic rings. The largest absolute Gasteiger partial charge is 0.478 e. The minimum absolute atomic E-state index is 0.000931. The third kappa shape index (κ3) is 6.43. The van der Waals surface area contributed by atoms with Gasteiger partial charge in [-0.15, -0.1) is 0 Å². The predicted octanol–water partition coefficient (Wildman–Crippen LogP) is 5.93. The highest BCUT2D eigenvalue weighted by molar-refractivity contribution is 5.92. The van der Waals surface area contributed by atoms with E-state index in [-0.39, 0.29) is 35.7 Å². The number of rotatable bonds is 11. The van der Waals surface area contributed by atoms with Crippen LogP contribution in [0.15, 0.2) is 54.6 Å². The lowest BCUT2D eigenvalue weighted by Crippen LogP contribution is -2.35. The fourth-order valence-electron chi connectivity index (χ4n) is 6.37. The average molecular weight is 619 g/mol. The summed E-state index contributed by atoms with van der Waals surface area (Å²) in [5.74, 6) is 0.817. The minimum Gasteiger partial charge on any atom is -0.478 e. The van der Waals surface area contributed by atoms with Crippen molar-refractivity contribution in [2.75, 3.05) is 32.9 Å². The first kappa shape index (κ1) is 29.8. The highest BCUT2D eigenvalue weighted by Gasteiger charge is 2.27. The van der Waals surface area contributed by atoms with Gasteiger partial charge >= 0.3 is 5.97 Å². The van der Waals surface area contributed by atoms with E-state index in [1.165, 1.54) is 0 Å². The third-order valence-electron chi connectivity index (χ3n) is 9.26. The fourth-order valence-corrected chi connectivity index (χ4v) is 6.37. The molecule has 9 nitrogen and oxygen atoms in total. The monoisotopic (exact) mass is 618 g/mol. The van der Waals surface area contributed by atoms with E-state index in [1.807, 2.05) is 18.2 Å². The van der Waals surface area contributed by atoms with Crippen molar-refractivity contribution in [1.29, 1.82) is 0 Å². The molecule has 0 aliphatic carbocycles. The SMILES string of the molecule is O=C(O)c1ccc2nc(CN3CCC(c4cccc(OCc5ccc(C6COC6)cc5C(F)F)n4)CC3)n(CC3CCO3)c2c1. The van der Waals surface area contributed by atoms with E-state index in [2.05, 4.69) is 9.47 Å². The lowest BCUT2D eigenvalue weighted by atomic mass is 9.93. The average Bonchev–Trinajstić information content (AvgIpc) is 3.33. The number of likely N-dealkylation sites (tertiary alicyclic amines) is 1. The van der Waals surface area contributed by atoms with Gasteiger partial charge in [0.15, 0.2) is 0 Å². The molecule has 1 N–H and O–H groups in total. The van der Waals surface area contributed by atoms with Crippen molar-refractivity contribution in [3.8, 4) is 5.88 Å². The normalized spacial score (nSPS) is 19.5. The fraction of sp³-hybridized carbons (Fsp3) is 0.441. The van der Waals surface area contributed by atoms with Crippen molar-refractivity contribution in [3.63, 3.8) is 0 Å². The highest BCUT2D eigenvalue weighted by atomic mass is 19.3. The van der Waals surface area contributed by atoms with Crippen LogP contribution in [0, 0.1) is 0 Å². The van der Waals surface area contributed by atoms with E-state index in [9.17, 15) is 18.7 Å². The number of ether oxygens (including phenoxy) is 3. The van der Waals surface area contributed by atoms with E-state index in [1.54, 1.807) is 36.4 Å². The molecule has 7 rings (SSSR count). The number of pyridine rings is 1. The smallest absolute Gasteiger partial charge is 0.335 e. The molecule has 0 radical (unpaired) electrons. The summed E-state index contributed by atoms with van der Waals surface area (Å²) in [6, 6.07) is 16.0. The Balaban J connectivity index is 0.992. The Kier molecular flexibility index (Phi) is 8.48. The van der Waals surface area contributed by atoms with Crippen LogP contribution in [-0.4, -0.2) is 69.5 Å². The zero-order valence-corrected chi connectivity index (χ0v) is 24.9. The molecule has 3 aliphatic heterocycles. The van der Waals surface area contributed by atoms with Crippen molar-refractivity contribution in [1.82, 2.24) is 19.4 Å². The lowest BCUT2D eigenvalue weighted by Gasteiger charge is -2.32. The number of carboxylic acid groups (broad SMARTS) is 1. The Morgan fingerprint density at radius 2 is 1.84 bits per heavy atom. The van der Waals surface area contributed by atoms with Crippen LogP contribution in [0.4, 0.5) is 8.78 Å². The molecular formula is C34H36F2N4O5. The minimum atomic E-state index is -2.58. The summed E-state index contributed by atoms with van der Waals surface area (Å²) in [7, 11) is 0. The van der Waals surface area contributed by atoms with Gasteiger partial charge < -0.3 is 23.9 Å². The molecule has 45 heavy (non-hydrogen) atoms. The molecule has 0 bridgehead atoms. The second-order valence-electron chi connectivity index (χ2n) is 12.2. The number of hydrogen-bond donors (Lipinski definition) is 1. The molecule has 1 unspecified atom stereocenters. The van der Waals surface area contributed by atoms with Gasteiger partial charge in [0.1, 0.15) is 12.4 Å². The van der Waals surface area contributed by atoms with Gasteiger partial charge in [-0.2, -0.15) is 0 Å². The molecule has 236 valence electrons. The maximum Gasteiger partial charge on any atom is 0.335 e. The molecular weight excluding hydrogens is 582 g/mol. The first-order chi connectivity index (χ1) is 21.9. The van der Waals surface area contributed by atoms with Crippen LogP contribution in [0.1, 0.15) is 76.1 Å². The molecule has 2 aromatic carbocycles. The second-order valence-corrected chi connectivity index (χ2v) is 12.2. The Labute approximate surface area is 259 Å². The molecule has 3 saturated heterocycles. The van der Waals surface area contributed by atoms with E-state index >= 15 is 0 Å². The van der Waals surface area contributed by atoms with E-state index in [4.69, 9.17) is 24.2 Å². The summed E-state index contributed by atoms with van der Waals surface area (Å²) in [5, 5.41) is 9.52. The Hall–Kier alpha value is -3.93. The number of carbonyl (C=O) groups is 1. The maximum absolute atomic E-state index is 13.9. The molecule has 1 atom stereocenters. The summed E-state index contributed by atoms with van der Waals surface area (Å²) >= 11 is 0. The van der Waals surface area contributed by atoms with Gasteiger partial charge in [0, 0.05) is 35.8 Å². The zero-order chi connectivity index (χ0) is 30.9. The van der Waals surface area contributed by atoms with Gasteiger partial charge in [-0.1, -0.05) is 18.2 Å². The van der Waals surface area contributed by atoms with Crippen molar-refractivity contribution < 1.29 is 32.9 Å². The molecule has 3 fully saturated rings. The van der Waals surface area contributed by atoms with Gasteiger partial charge in [-0.3, -0.25) is 4.90 Å². The summed E-state index contributed by atoms with van der Waals surface area (Å²) < 4.78 is 46.7. The molecule has 0 spiro atoms. The number of imidazole rings is 1. The number of benzene rings is 2. The summed E-state index contributed by atoms with van der Waals surface area (Å²) in [5.41, 5.74) is 4.13. The number of aromatic nitrogens is 3. The van der Waals surface area contributed by atoms with Gasteiger partial charge in [0.05, 0.1) is 49.0 Å². The Bertz CT molecular complexity index is 1680. The first-order valence-electron chi connectivity index (χ1n) is 15.6. The predicted molar refractivity (Wildman–Crippen MR) is 162 cm³/mol. The van der Waals surface area contributed by atoms with E-state index in [0.29, 0.717) is 37.7 Å². The van der Waals surface area contributed by atoms with Crippen LogP contribution in [0.25, 0.3) is 11.0 Å². The number of hydrogen-bond acceptors (Lipinski definition) is 7. The van der Waals surface area contributed by atoms with Crippen molar-refractivity contribution in [3.05, 3.63) is 88.4 Å². The van der Waals surface area contributed by atoms with Gasteiger partial charge in [0.2, 0.25) is 5.88 Å². The Morgan fingerprint density at radius 1 is 1.02 bits per heavy atom. The summed E-state index contributed by atoms with van der Waals surface area (Å²) in [6.45, 7) is 4.94. The van der Waals surface area contributed by atoms with Crippen LogP contribution < -0.4 is 4.74 Å². The van der Waals surface area contributed by atoms with Crippen LogP contribution in [0.3, 0.4) is 0 Å².